The fourth-order valence-electron chi connectivity index (χ4n) is 11.8. The zero-order valence-corrected chi connectivity index (χ0v) is 37.8. The molecule has 11 aromatic carbocycles. The molecule has 0 atom stereocenters. The molecule has 1 spiro atoms. The highest BCUT2D eigenvalue weighted by Crippen LogP contribution is 2.64. The van der Waals surface area contributed by atoms with E-state index in [2.05, 4.69) is 276 Å². The van der Waals surface area contributed by atoms with Crippen molar-refractivity contribution in [3.63, 3.8) is 0 Å². The third kappa shape index (κ3) is 5.99. The third-order valence-electron chi connectivity index (χ3n) is 14.8. The van der Waals surface area contributed by atoms with Crippen molar-refractivity contribution >= 4 is 38.9 Å². The monoisotopic (exact) mass is 876 g/mol. The van der Waals surface area contributed by atoms with Crippen LogP contribution in [-0.4, -0.2) is 4.57 Å². The lowest BCUT2D eigenvalue weighted by Crippen LogP contribution is -2.26. The van der Waals surface area contributed by atoms with Crippen LogP contribution in [0.2, 0.25) is 0 Å². The quantitative estimate of drug-likeness (QED) is 0.155. The highest BCUT2D eigenvalue weighted by atomic mass is 15.1. The van der Waals surface area contributed by atoms with Gasteiger partial charge in [-0.25, -0.2) is 0 Å². The first-order valence-corrected chi connectivity index (χ1v) is 23.9. The normalized spacial score (nSPS) is 12.8. The molecule has 12 aromatic rings. The molecule has 69 heavy (non-hydrogen) atoms. The van der Waals surface area contributed by atoms with Crippen LogP contribution < -0.4 is 4.90 Å². The first-order valence-electron chi connectivity index (χ1n) is 23.9. The van der Waals surface area contributed by atoms with Crippen LogP contribution in [0.15, 0.2) is 267 Å². The molecule has 0 radical (unpaired) electrons. The number of hydrogen-bond donors (Lipinski definition) is 0. The van der Waals surface area contributed by atoms with E-state index in [1.54, 1.807) is 0 Å². The summed E-state index contributed by atoms with van der Waals surface area (Å²) in [5.74, 6) is 0. The van der Waals surface area contributed by atoms with Crippen molar-refractivity contribution in [2.45, 2.75) is 5.41 Å². The molecule has 0 aliphatic heterocycles. The maximum atomic E-state index is 2.51. The summed E-state index contributed by atoms with van der Waals surface area (Å²) in [6.45, 7) is 0. The number of nitrogens with zero attached hydrogens (tertiary/aromatic N) is 2. The number of fused-ring (bicyclic) bond motifs is 13. The molecule has 0 saturated heterocycles. The van der Waals surface area contributed by atoms with Gasteiger partial charge in [0.25, 0.3) is 0 Å². The highest BCUT2D eigenvalue weighted by molar-refractivity contribution is 6.10. The van der Waals surface area contributed by atoms with Crippen molar-refractivity contribution in [1.29, 1.82) is 0 Å². The molecular weight excluding hydrogens is 833 g/mol. The summed E-state index contributed by atoms with van der Waals surface area (Å²) in [7, 11) is 0. The van der Waals surface area contributed by atoms with E-state index in [0.717, 1.165) is 17.1 Å². The van der Waals surface area contributed by atoms with Gasteiger partial charge in [-0.05, 0) is 151 Å². The Bertz CT molecular complexity index is 3790. The molecule has 322 valence electrons. The summed E-state index contributed by atoms with van der Waals surface area (Å²) < 4.78 is 2.39. The number of hydrogen-bond acceptors (Lipinski definition) is 1. The first-order chi connectivity index (χ1) is 34.2. The minimum Gasteiger partial charge on any atom is -0.310 e. The van der Waals surface area contributed by atoms with Crippen molar-refractivity contribution in [2.75, 3.05) is 4.90 Å². The van der Waals surface area contributed by atoms with Crippen molar-refractivity contribution in [1.82, 2.24) is 4.57 Å². The topological polar surface area (TPSA) is 8.17 Å². The van der Waals surface area contributed by atoms with E-state index in [1.807, 2.05) is 0 Å². The second kappa shape index (κ2) is 15.6. The summed E-state index contributed by atoms with van der Waals surface area (Å²) in [4.78, 5) is 2.43. The van der Waals surface area contributed by atoms with Gasteiger partial charge in [0.15, 0.2) is 0 Å². The lowest BCUT2D eigenvalue weighted by Gasteiger charge is -2.32. The van der Waals surface area contributed by atoms with E-state index in [-0.39, 0.29) is 0 Å². The largest absolute Gasteiger partial charge is 0.310 e. The van der Waals surface area contributed by atoms with E-state index in [9.17, 15) is 0 Å². The fourth-order valence-corrected chi connectivity index (χ4v) is 11.8. The predicted octanol–water partition coefficient (Wildman–Crippen LogP) is 17.6. The average molecular weight is 877 g/mol. The van der Waals surface area contributed by atoms with Crippen LogP contribution in [0.25, 0.3) is 83.1 Å². The molecule has 0 bridgehead atoms. The maximum Gasteiger partial charge on any atom is 0.0726 e. The molecular formula is C67H44N2. The molecule has 0 amide bonds. The molecule has 0 saturated carbocycles. The van der Waals surface area contributed by atoms with Crippen molar-refractivity contribution in [3.05, 3.63) is 289 Å². The third-order valence-corrected chi connectivity index (χ3v) is 14.8. The van der Waals surface area contributed by atoms with Gasteiger partial charge in [0.1, 0.15) is 0 Å². The Kier molecular flexibility index (Phi) is 8.84. The number of anilines is 3. The SMILES string of the molecule is c1ccc(-c2ccc(N(c3ccc(-c4ccccc4)cc3)c3ccc4c(c3)C3(c5ccccc5-c5ccccc53)c3cc(-c5ccc6c(c5)c5ccccc5n6-c5ccccc5)ccc3-4)cc2)cc1. The summed E-state index contributed by atoms with van der Waals surface area (Å²) in [5.41, 5.74) is 24.0. The van der Waals surface area contributed by atoms with E-state index in [0.29, 0.717) is 0 Å². The Labute approximate surface area is 402 Å². The molecule has 14 rings (SSSR count). The van der Waals surface area contributed by atoms with E-state index < -0.39 is 5.41 Å². The molecule has 2 heteroatoms. The Morgan fingerprint density at radius 2 is 0.681 bits per heavy atom. The van der Waals surface area contributed by atoms with Gasteiger partial charge in [0, 0.05) is 33.5 Å². The summed E-state index contributed by atoms with van der Waals surface area (Å²) in [6.07, 6.45) is 0. The van der Waals surface area contributed by atoms with Gasteiger partial charge in [0.2, 0.25) is 0 Å². The average Bonchev–Trinajstić information content (AvgIpc) is 4.03. The van der Waals surface area contributed by atoms with Crippen LogP contribution in [0.3, 0.4) is 0 Å². The molecule has 0 unspecified atom stereocenters. The van der Waals surface area contributed by atoms with E-state index >= 15 is 0 Å². The molecule has 2 nitrogen and oxygen atoms in total. The van der Waals surface area contributed by atoms with Crippen molar-refractivity contribution in [3.8, 4) is 61.3 Å². The standard InChI is InChI=1S/C67H44N2/c1-4-16-45(17-5-1)47-28-34-52(35-29-47)68(53-36-30-48(31-37-53)46-18-6-2-7-19-46)54-38-40-58-57-39-32-50(43-63(57)67(64(58)44-54)61-25-13-10-22-55(61)56-23-11-14-26-62(56)67)49-33-41-66-60(42-49)59-24-12-15-27-65(59)69(66)51-20-8-3-9-21-51/h1-44H. The van der Waals surface area contributed by atoms with E-state index in [4.69, 9.17) is 0 Å². The van der Waals surface area contributed by atoms with Gasteiger partial charge in [0.05, 0.1) is 16.4 Å². The summed E-state index contributed by atoms with van der Waals surface area (Å²) in [5, 5.41) is 2.50. The number of aromatic nitrogens is 1. The van der Waals surface area contributed by atoms with E-state index in [1.165, 1.54) is 105 Å². The Balaban J connectivity index is 0.965. The molecule has 2 aliphatic rings. The predicted molar refractivity (Wildman–Crippen MR) is 288 cm³/mol. The molecule has 1 aromatic heterocycles. The maximum absolute atomic E-state index is 2.51. The number of rotatable bonds is 7. The Hall–Kier alpha value is -8.98. The Morgan fingerprint density at radius 1 is 0.261 bits per heavy atom. The Morgan fingerprint density at radius 3 is 1.30 bits per heavy atom. The van der Waals surface area contributed by atoms with Gasteiger partial charge in [-0.2, -0.15) is 0 Å². The van der Waals surface area contributed by atoms with Crippen LogP contribution in [0, 0.1) is 0 Å². The van der Waals surface area contributed by atoms with Crippen LogP contribution in [0.5, 0.6) is 0 Å². The van der Waals surface area contributed by atoms with Crippen LogP contribution in [0.1, 0.15) is 22.3 Å². The van der Waals surface area contributed by atoms with Crippen molar-refractivity contribution in [2.24, 2.45) is 0 Å². The molecule has 0 N–H and O–H groups in total. The lowest BCUT2D eigenvalue weighted by atomic mass is 9.70. The van der Waals surface area contributed by atoms with Crippen LogP contribution in [-0.2, 0) is 5.41 Å². The molecule has 2 aliphatic carbocycles. The number of para-hydroxylation sites is 2. The molecule has 0 fully saturated rings. The van der Waals surface area contributed by atoms with Gasteiger partial charge >= 0.3 is 0 Å². The van der Waals surface area contributed by atoms with Crippen molar-refractivity contribution < 1.29 is 0 Å². The minimum absolute atomic E-state index is 0.544. The van der Waals surface area contributed by atoms with Crippen LogP contribution in [0.4, 0.5) is 17.1 Å². The highest BCUT2D eigenvalue weighted by Gasteiger charge is 2.52. The van der Waals surface area contributed by atoms with Gasteiger partial charge in [-0.1, -0.05) is 194 Å². The first kappa shape index (κ1) is 39.2. The molecule has 1 heterocycles. The zero-order valence-electron chi connectivity index (χ0n) is 37.8. The summed E-state index contributed by atoms with van der Waals surface area (Å²) in [6, 6.07) is 98.6. The van der Waals surface area contributed by atoms with Gasteiger partial charge in [-0.3, -0.25) is 0 Å². The fraction of sp³-hybridized carbons (Fsp3) is 0.0149. The smallest absolute Gasteiger partial charge is 0.0726 e. The number of benzene rings is 11. The lowest BCUT2D eigenvalue weighted by molar-refractivity contribution is 0.794. The second-order valence-electron chi connectivity index (χ2n) is 18.4. The summed E-state index contributed by atoms with van der Waals surface area (Å²) >= 11 is 0. The van der Waals surface area contributed by atoms with Gasteiger partial charge in [-0.15, -0.1) is 0 Å². The zero-order chi connectivity index (χ0) is 45.5. The van der Waals surface area contributed by atoms with Crippen LogP contribution >= 0.6 is 0 Å². The minimum atomic E-state index is -0.544. The second-order valence-corrected chi connectivity index (χ2v) is 18.4. The van der Waals surface area contributed by atoms with Gasteiger partial charge < -0.3 is 9.47 Å².